The maximum Gasteiger partial charge on any atom is 0.315 e. The van der Waals surface area contributed by atoms with E-state index in [4.69, 9.17) is 5.11 Å². The van der Waals surface area contributed by atoms with Gasteiger partial charge in [0.15, 0.2) is 0 Å². The summed E-state index contributed by atoms with van der Waals surface area (Å²) < 4.78 is 25.3. The quantitative estimate of drug-likeness (QED) is 0.647. The van der Waals surface area contributed by atoms with Crippen LogP contribution in [0.2, 0.25) is 0 Å². The zero-order valence-electron chi connectivity index (χ0n) is 8.80. The molecule has 0 spiro atoms. The molecule has 6 heteroatoms. The molecule has 1 aliphatic heterocycles. The number of aliphatic hydroxyl groups is 1. The molecule has 2 fully saturated rings. The monoisotopic (exact) mass is 235 g/mol. The summed E-state index contributed by atoms with van der Waals surface area (Å²) in [5.74, 6) is -1.10. The Morgan fingerprint density at radius 2 is 1.75 bits per heavy atom. The first-order valence-electron chi connectivity index (χ1n) is 5.22. The molecule has 1 aliphatic carbocycles. The Balaban J connectivity index is 2.15. The van der Waals surface area contributed by atoms with Crippen molar-refractivity contribution in [3.8, 4) is 0 Å². The molecule has 0 aromatic rings. The van der Waals surface area contributed by atoms with E-state index in [0.29, 0.717) is 0 Å². The van der Waals surface area contributed by atoms with Gasteiger partial charge in [-0.15, -0.1) is 0 Å². The summed E-state index contributed by atoms with van der Waals surface area (Å²) in [4.78, 5) is 11.1. The van der Waals surface area contributed by atoms with Crippen LogP contribution >= 0.6 is 0 Å². The summed E-state index contributed by atoms with van der Waals surface area (Å²) in [6, 6.07) is 0. The van der Waals surface area contributed by atoms with Gasteiger partial charge in [-0.1, -0.05) is 0 Å². The first-order chi connectivity index (χ1) is 7.44. The second-order valence-electron chi connectivity index (χ2n) is 5.14. The van der Waals surface area contributed by atoms with Crippen molar-refractivity contribution in [3.63, 3.8) is 0 Å². The highest BCUT2D eigenvalue weighted by molar-refractivity contribution is 5.79. The van der Waals surface area contributed by atoms with E-state index in [1.807, 2.05) is 0 Å². The lowest BCUT2D eigenvalue weighted by Crippen LogP contribution is -2.75. The molecular formula is C10H15F2NO3. The lowest BCUT2D eigenvalue weighted by atomic mass is 9.49. The van der Waals surface area contributed by atoms with Crippen LogP contribution in [0.5, 0.6) is 0 Å². The van der Waals surface area contributed by atoms with Crippen LogP contribution in [0.1, 0.15) is 12.8 Å². The van der Waals surface area contributed by atoms with Crippen LogP contribution in [0.15, 0.2) is 0 Å². The number of hydrogen-bond acceptors (Lipinski definition) is 3. The summed E-state index contributed by atoms with van der Waals surface area (Å²) in [7, 11) is 0. The topological polar surface area (TPSA) is 69.6 Å². The Labute approximate surface area is 91.6 Å². The Hall–Kier alpha value is -0.750. The van der Waals surface area contributed by atoms with Gasteiger partial charge in [-0.3, -0.25) is 13.6 Å². The Kier molecular flexibility index (Phi) is 2.47. The van der Waals surface area contributed by atoms with Gasteiger partial charge < -0.3 is 15.5 Å². The van der Waals surface area contributed by atoms with Gasteiger partial charge in [-0.2, -0.15) is 0 Å². The van der Waals surface area contributed by atoms with Crippen LogP contribution in [-0.2, 0) is 4.79 Å². The van der Waals surface area contributed by atoms with E-state index >= 15 is 0 Å². The normalized spacial score (nSPS) is 28.9. The number of carboxylic acid groups (broad SMARTS) is 1. The number of carbonyl (C=O) groups is 1. The number of nitrogens with one attached hydrogen (secondary N) is 1. The van der Waals surface area contributed by atoms with Crippen molar-refractivity contribution in [2.45, 2.75) is 18.4 Å². The molecule has 0 radical (unpaired) electrons. The average Bonchev–Trinajstić information content (AvgIpc) is 2.10. The first-order valence-corrected chi connectivity index (χ1v) is 5.22. The molecule has 16 heavy (non-hydrogen) atoms. The molecule has 0 atom stereocenters. The molecule has 3 N–H and O–H groups in total. The molecule has 92 valence electrons. The molecular weight excluding hydrogens is 220 g/mol. The van der Waals surface area contributed by atoms with E-state index in [9.17, 15) is 18.7 Å². The standard InChI is InChI=1S/C10H15F2NO3/c11-3-8(4-12)1-10(16,2-8)9(7(14)15)5-13-6-9/h13,16H,1-6H2,(H,14,15). The molecule has 1 heterocycles. The van der Waals surface area contributed by atoms with Crippen molar-refractivity contribution in [1.82, 2.24) is 5.32 Å². The minimum Gasteiger partial charge on any atom is -0.481 e. The Morgan fingerprint density at radius 3 is 2.00 bits per heavy atom. The lowest BCUT2D eigenvalue weighted by Gasteiger charge is -2.61. The van der Waals surface area contributed by atoms with E-state index in [2.05, 4.69) is 5.32 Å². The number of hydrogen-bond donors (Lipinski definition) is 3. The zero-order valence-corrected chi connectivity index (χ0v) is 8.80. The fourth-order valence-electron chi connectivity index (χ4n) is 2.81. The predicted octanol–water partition coefficient (Wildman–Crippen LogP) is 0.111. The second kappa shape index (κ2) is 3.37. The van der Waals surface area contributed by atoms with E-state index < -0.39 is 35.7 Å². The van der Waals surface area contributed by atoms with Crippen LogP contribution in [0.4, 0.5) is 8.78 Å². The van der Waals surface area contributed by atoms with Gasteiger partial charge in [0.25, 0.3) is 0 Å². The summed E-state index contributed by atoms with van der Waals surface area (Å²) >= 11 is 0. The number of aliphatic carboxylic acids is 1. The van der Waals surface area contributed by atoms with Gasteiger partial charge >= 0.3 is 5.97 Å². The van der Waals surface area contributed by atoms with Crippen molar-refractivity contribution in [2.75, 3.05) is 26.4 Å². The third kappa shape index (κ3) is 1.23. The summed E-state index contributed by atoms with van der Waals surface area (Å²) in [5, 5.41) is 22.1. The molecule has 0 unspecified atom stereocenters. The number of rotatable bonds is 4. The highest BCUT2D eigenvalue weighted by Crippen LogP contribution is 2.58. The highest BCUT2D eigenvalue weighted by atomic mass is 19.1. The van der Waals surface area contributed by atoms with Gasteiger partial charge in [-0.05, 0) is 12.8 Å². The summed E-state index contributed by atoms with van der Waals surface area (Å²) in [6.07, 6.45) is -0.220. The molecule has 0 aromatic carbocycles. The molecule has 0 bridgehead atoms. The lowest BCUT2D eigenvalue weighted by molar-refractivity contribution is -0.233. The largest absolute Gasteiger partial charge is 0.481 e. The highest BCUT2D eigenvalue weighted by Gasteiger charge is 2.69. The molecule has 1 saturated carbocycles. The van der Waals surface area contributed by atoms with Crippen LogP contribution in [0.25, 0.3) is 0 Å². The molecule has 1 saturated heterocycles. The van der Waals surface area contributed by atoms with Crippen molar-refractivity contribution in [3.05, 3.63) is 0 Å². The van der Waals surface area contributed by atoms with Gasteiger partial charge in [0.2, 0.25) is 0 Å². The van der Waals surface area contributed by atoms with Gasteiger partial charge in [-0.25, -0.2) is 0 Å². The predicted molar refractivity (Wildman–Crippen MR) is 51.5 cm³/mol. The molecule has 2 aliphatic rings. The summed E-state index contributed by atoms with van der Waals surface area (Å²) in [5.41, 5.74) is -3.89. The van der Waals surface area contributed by atoms with Crippen molar-refractivity contribution >= 4 is 5.97 Å². The first kappa shape index (κ1) is 11.7. The number of halogens is 2. The average molecular weight is 235 g/mol. The Bertz CT molecular complexity index is 305. The third-order valence-corrected chi connectivity index (χ3v) is 4.06. The van der Waals surface area contributed by atoms with E-state index in [1.165, 1.54) is 0 Å². The SMILES string of the molecule is O=C(O)C1(C2(O)CC(CF)(CF)C2)CNC1. The molecule has 2 rings (SSSR count). The minimum absolute atomic E-state index is 0.110. The van der Waals surface area contributed by atoms with E-state index in [0.717, 1.165) is 0 Å². The van der Waals surface area contributed by atoms with Crippen LogP contribution in [-0.4, -0.2) is 48.2 Å². The fourth-order valence-corrected chi connectivity index (χ4v) is 2.81. The summed E-state index contributed by atoms with van der Waals surface area (Å²) in [6.45, 7) is -1.38. The molecule has 0 aromatic heterocycles. The van der Waals surface area contributed by atoms with Crippen molar-refractivity contribution < 1.29 is 23.8 Å². The maximum absolute atomic E-state index is 12.6. The van der Waals surface area contributed by atoms with Crippen molar-refractivity contribution in [1.29, 1.82) is 0 Å². The van der Waals surface area contributed by atoms with Gasteiger partial charge in [0.1, 0.15) is 5.41 Å². The number of alkyl halides is 2. The zero-order chi connectivity index (χ0) is 12.0. The van der Waals surface area contributed by atoms with Gasteiger partial charge in [0.05, 0.1) is 19.0 Å². The van der Waals surface area contributed by atoms with Gasteiger partial charge in [0, 0.05) is 18.5 Å². The second-order valence-corrected chi connectivity index (χ2v) is 5.14. The third-order valence-electron chi connectivity index (χ3n) is 4.06. The van der Waals surface area contributed by atoms with Crippen LogP contribution in [0.3, 0.4) is 0 Å². The Morgan fingerprint density at radius 1 is 1.25 bits per heavy atom. The molecule has 0 amide bonds. The maximum atomic E-state index is 12.6. The van der Waals surface area contributed by atoms with E-state index in [-0.39, 0.29) is 25.9 Å². The number of carboxylic acids is 1. The molecule has 4 nitrogen and oxygen atoms in total. The van der Waals surface area contributed by atoms with Crippen LogP contribution < -0.4 is 5.32 Å². The minimum atomic E-state index is -1.47. The van der Waals surface area contributed by atoms with Crippen molar-refractivity contribution in [2.24, 2.45) is 10.8 Å². The van der Waals surface area contributed by atoms with Crippen LogP contribution in [0, 0.1) is 10.8 Å². The smallest absolute Gasteiger partial charge is 0.315 e. The van der Waals surface area contributed by atoms with E-state index in [1.54, 1.807) is 0 Å². The fraction of sp³-hybridized carbons (Fsp3) is 0.900.